The third-order valence-corrected chi connectivity index (χ3v) is 4.92. The highest BCUT2D eigenvalue weighted by Crippen LogP contribution is 2.39. The Kier molecular flexibility index (Phi) is 4.54. The molecule has 3 rings (SSSR count). The molecule has 0 saturated heterocycles. The lowest BCUT2D eigenvalue weighted by Crippen LogP contribution is -2.10. The van der Waals surface area contributed by atoms with Gasteiger partial charge in [0.15, 0.2) is 0 Å². The molecule has 0 fully saturated rings. The number of hydrogen-bond acceptors (Lipinski definition) is 3. The molecule has 0 radical (unpaired) electrons. The molecule has 0 saturated carbocycles. The quantitative estimate of drug-likeness (QED) is 0.779. The minimum absolute atomic E-state index is 0.342. The maximum atomic E-state index is 9.72. The molecule has 2 aromatic carbocycles. The van der Waals surface area contributed by atoms with E-state index in [1.165, 1.54) is 18.4 Å². The minimum Gasteiger partial charge on any atom is -0.397 e. The van der Waals surface area contributed by atoms with E-state index in [0.717, 1.165) is 47.9 Å². The molecule has 0 unspecified atom stereocenters. The van der Waals surface area contributed by atoms with E-state index >= 15 is 0 Å². The van der Waals surface area contributed by atoms with E-state index in [-0.39, 0.29) is 0 Å². The molecule has 0 amide bonds. The molecule has 2 aromatic rings. The predicted octanol–water partition coefficient (Wildman–Crippen LogP) is 4.65. The van der Waals surface area contributed by atoms with E-state index in [1.807, 2.05) is 6.92 Å². The Hall–Kier alpha value is -2.78. The summed E-state index contributed by atoms with van der Waals surface area (Å²) in [5.74, 6) is 0. The maximum absolute atomic E-state index is 9.72. The molecule has 2 N–H and O–H groups in total. The zero-order valence-electron chi connectivity index (χ0n) is 14.0. The van der Waals surface area contributed by atoms with E-state index < -0.39 is 0 Å². The van der Waals surface area contributed by atoms with Crippen molar-refractivity contribution in [3.05, 3.63) is 52.1 Å². The second-order valence-corrected chi connectivity index (χ2v) is 6.50. The number of aryl methyl sites for hydroxylation is 1. The third kappa shape index (κ3) is 2.74. The fourth-order valence-electron chi connectivity index (χ4n) is 3.67. The first kappa shape index (κ1) is 16.1. The number of rotatable bonds is 1. The topological polar surface area (TPSA) is 73.6 Å². The van der Waals surface area contributed by atoms with Gasteiger partial charge in [-0.3, -0.25) is 0 Å². The molecule has 24 heavy (non-hydrogen) atoms. The molecule has 0 bridgehead atoms. The molecule has 3 heteroatoms. The van der Waals surface area contributed by atoms with Crippen LogP contribution < -0.4 is 5.73 Å². The van der Waals surface area contributed by atoms with Gasteiger partial charge in [-0.1, -0.05) is 42.7 Å². The molecule has 3 nitrogen and oxygen atoms in total. The van der Waals surface area contributed by atoms with Crippen LogP contribution in [0.4, 0.5) is 5.69 Å². The summed E-state index contributed by atoms with van der Waals surface area (Å²) in [5.41, 5.74) is 12.9. The molecule has 1 aliphatic carbocycles. The van der Waals surface area contributed by atoms with Gasteiger partial charge < -0.3 is 5.73 Å². The summed E-state index contributed by atoms with van der Waals surface area (Å²) in [5, 5.41) is 19.3. The van der Waals surface area contributed by atoms with Gasteiger partial charge in [0.25, 0.3) is 0 Å². The van der Waals surface area contributed by atoms with Crippen LogP contribution in [0.15, 0.2) is 24.3 Å². The van der Waals surface area contributed by atoms with Crippen molar-refractivity contribution in [1.29, 1.82) is 10.5 Å². The highest BCUT2D eigenvalue weighted by molar-refractivity contribution is 5.85. The van der Waals surface area contributed by atoms with Crippen molar-refractivity contribution in [2.45, 2.75) is 45.4 Å². The van der Waals surface area contributed by atoms with Crippen LogP contribution >= 0.6 is 0 Å². The molecule has 120 valence electrons. The number of benzene rings is 2. The van der Waals surface area contributed by atoms with Crippen molar-refractivity contribution in [2.24, 2.45) is 0 Å². The summed E-state index contributed by atoms with van der Waals surface area (Å²) in [7, 11) is 0. The van der Waals surface area contributed by atoms with Crippen LogP contribution in [0.1, 0.15) is 53.5 Å². The number of nitrogens with two attached hydrogens (primary N) is 1. The Bertz CT molecular complexity index is 849. The summed E-state index contributed by atoms with van der Waals surface area (Å²) >= 11 is 0. The van der Waals surface area contributed by atoms with Gasteiger partial charge in [0.1, 0.15) is 12.1 Å². The van der Waals surface area contributed by atoms with Crippen molar-refractivity contribution in [2.75, 3.05) is 5.73 Å². The van der Waals surface area contributed by atoms with Crippen molar-refractivity contribution in [3.63, 3.8) is 0 Å². The minimum atomic E-state index is 0.342. The van der Waals surface area contributed by atoms with E-state index in [9.17, 15) is 10.5 Å². The molecule has 1 aliphatic rings. The van der Waals surface area contributed by atoms with Crippen molar-refractivity contribution in [3.8, 4) is 23.3 Å². The maximum Gasteiger partial charge on any atom is 0.102 e. The summed E-state index contributed by atoms with van der Waals surface area (Å²) in [6.45, 7) is 2.05. The van der Waals surface area contributed by atoms with Gasteiger partial charge in [0.05, 0.1) is 16.8 Å². The second kappa shape index (κ2) is 6.77. The zero-order chi connectivity index (χ0) is 17.1. The molecule has 0 aliphatic heterocycles. The van der Waals surface area contributed by atoms with Gasteiger partial charge >= 0.3 is 0 Å². The molecule has 0 heterocycles. The lowest BCUT2D eigenvalue weighted by molar-refractivity contribution is 0.617. The number of nitrogens with zero attached hydrogens (tertiary/aromatic N) is 2. The number of nitriles is 2. The monoisotopic (exact) mass is 315 g/mol. The Labute approximate surface area is 143 Å². The second-order valence-electron chi connectivity index (χ2n) is 6.50. The van der Waals surface area contributed by atoms with E-state index in [4.69, 9.17) is 5.73 Å². The van der Waals surface area contributed by atoms with Gasteiger partial charge in [-0.25, -0.2) is 0 Å². The predicted molar refractivity (Wildman–Crippen MR) is 96.3 cm³/mol. The van der Waals surface area contributed by atoms with Crippen molar-refractivity contribution in [1.82, 2.24) is 0 Å². The van der Waals surface area contributed by atoms with Gasteiger partial charge in [0.2, 0.25) is 0 Å². The van der Waals surface area contributed by atoms with Crippen LogP contribution in [0.3, 0.4) is 0 Å². The normalized spacial score (nSPS) is 14.0. The number of nitrogen functional groups attached to an aromatic ring is 1. The lowest BCUT2D eigenvalue weighted by atomic mass is 9.81. The summed E-state index contributed by atoms with van der Waals surface area (Å²) in [6.07, 6.45) is 6.31. The highest BCUT2D eigenvalue weighted by Gasteiger charge is 2.23. The van der Waals surface area contributed by atoms with E-state index in [2.05, 4.69) is 36.4 Å². The molecule has 0 atom stereocenters. The van der Waals surface area contributed by atoms with Crippen LogP contribution in [0.2, 0.25) is 0 Å². The summed E-state index contributed by atoms with van der Waals surface area (Å²) in [6, 6.07) is 12.7. The third-order valence-electron chi connectivity index (χ3n) is 4.92. The first-order chi connectivity index (χ1) is 11.7. The van der Waals surface area contributed by atoms with E-state index in [1.54, 1.807) is 0 Å². The number of fused-ring (bicyclic) bond motifs is 1. The molecular weight excluding hydrogens is 294 g/mol. The summed E-state index contributed by atoms with van der Waals surface area (Å²) in [4.78, 5) is 0. The smallest absolute Gasteiger partial charge is 0.102 e. The molecule has 0 aromatic heterocycles. The molecule has 0 spiro atoms. The Morgan fingerprint density at radius 3 is 2.00 bits per heavy atom. The Morgan fingerprint density at radius 2 is 1.42 bits per heavy atom. The standard InChI is InChI=1S/C21H21N3/c1-14-8-10-15(11-9-14)20-17-7-5-3-2-4-6-16(17)18(12-22)21(24)19(20)13-23/h8-11H,2-7,24H2,1H3. The van der Waals surface area contributed by atoms with Crippen LogP contribution in [0.25, 0.3) is 11.1 Å². The zero-order valence-corrected chi connectivity index (χ0v) is 14.0. The molecular formula is C21H21N3. The van der Waals surface area contributed by atoms with Gasteiger partial charge in [0, 0.05) is 5.56 Å². The Balaban J connectivity index is 2.36. The summed E-state index contributed by atoms with van der Waals surface area (Å²) < 4.78 is 0. The number of anilines is 1. The lowest BCUT2D eigenvalue weighted by Gasteiger charge is -2.22. The van der Waals surface area contributed by atoms with E-state index in [0.29, 0.717) is 16.8 Å². The van der Waals surface area contributed by atoms with Gasteiger partial charge in [-0.2, -0.15) is 10.5 Å². The van der Waals surface area contributed by atoms with Crippen LogP contribution in [0, 0.1) is 29.6 Å². The average molecular weight is 315 g/mol. The van der Waals surface area contributed by atoms with Crippen molar-refractivity contribution < 1.29 is 0 Å². The van der Waals surface area contributed by atoms with Gasteiger partial charge in [-0.05, 0) is 49.3 Å². The fourth-order valence-corrected chi connectivity index (χ4v) is 3.67. The average Bonchev–Trinajstić information content (AvgIpc) is 2.56. The largest absolute Gasteiger partial charge is 0.397 e. The highest BCUT2D eigenvalue weighted by atomic mass is 14.6. The first-order valence-electron chi connectivity index (χ1n) is 8.51. The van der Waals surface area contributed by atoms with Crippen LogP contribution in [0.5, 0.6) is 0 Å². The first-order valence-corrected chi connectivity index (χ1v) is 8.51. The van der Waals surface area contributed by atoms with Crippen LogP contribution in [-0.4, -0.2) is 0 Å². The van der Waals surface area contributed by atoms with Crippen molar-refractivity contribution >= 4 is 5.69 Å². The fraction of sp³-hybridized carbons (Fsp3) is 0.333. The van der Waals surface area contributed by atoms with Gasteiger partial charge in [-0.15, -0.1) is 0 Å². The van der Waals surface area contributed by atoms with Crippen LogP contribution in [-0.2, 0) is 12.8 Å². The number of hydrogen-bond donors (Lipinski definition) is 1. The SMILES string of the molecule is Cc1ccc(-c2c(C#N)c(N)c(C#N)c3c2CCCCCC3)cc1. The Morgan fingerprint density at radius 1 is 0.833 bits per heavy atom.